The summed E-state index contributed by atoms with van der Waals surface area (Å²) in [5, 5.41) is 3.19. The summed E-state index contributed by atoms with van der Waals surface area (Å²) in [6.07, 6.45) is -3.40. The van der Waals surface area contributed by atoms with E-state index in [0.717, 1.165) is 5.56 Å². The van der Waals surface area contributed by atoms with Crippen LogP contribution in [-0.4, -0.2) is 53.8 Å². The number of carbonyl (C=O) groups excluding carboxylic acids is 2. The summed E-state index contributed by atoms with van der Waals surface area (Å²) in [6.45, 7) is -0.476. The van der Waals surface area contributed by atoms with E-state index in [2.05, 4.69) is 15.0 Å². The molecule has 0 unspecified atom stereocenters. The lowest BCUT2D eigenvalue weighted by Crippen LogP contribution is -2.54. The number of amides is 1. The van der Waals surface area contributed by atoms with Gasteiger partial charge in [-0.1, -0.05) is 29.8 Å². The van der Waals surface area contributed by atoms with Crippen molar-refractivity contribution in [2.45, 2.75) is 6.18 Å². The van der Waals surface area contributed by atoms with Crippen LogP contribution in [0, 0.1) is 5.41 Å². The first-order valence-corrected chi connectivity index (χ1v) is 9.89. The number of fused-ring (bicyclic) bond motifs is 1. The molecule has 168 valence electrons. The van der Waals surface area contributed by atoms with Crippen LogP contribution in [0.4, 0.5) is 13.2 Å². The van der Waals surface area contributed by atoms with Crippen LogP contribution in [0.2, 0.25) is 5.02 Å². The zero-order chi connectivity index (χ0) is 22.9. The maximum absolute atomic E-state index is 12.9. The first kappa shape index (κ1) is 22.1. The number of nitrogens with zero attached hydrogens (tertiary/aromatic N) is 2. The van der Waals surface area contributed by atoms with E-state index in [9.17, 15) is 22.8 Å². The highest BCUT2D eigenvalue weighted by atomic mass is 35.5. The number of benzene rings is 1. The second-order valence-corrected chi connectivity index (χ2v) is 7.94. The van der Waals surface area contributed by atoms with Gasteiger partial charge in [0.2, 0.25) is 5.82 Å². The lowest BCUT2D eigenvalue weighted by molar-refractivity contribution is -0.211. The molecule has 0 saturated carbocycles. The molecule has 0 atom stereocenters. The highest BCUT2D eigenvalue weighted by Gasteiger charge is 2.45. The van der Waals surface area contributed by atoms with Crippen molar-refractivity contribution in [3.63, 3.8) is 0 Å². The van der Waals surface area contributed by atoms with Crippen molar-refractivity contribution in [1.29, 1.82) is 0 Å². The van der Waals surface area contributed by atoms with Crippen LogP contribution >= 0.6 is 11.6 Å². The van der Waals surface area contributed by atoms with Gasteiger partial charge in [0, 0.05) is 23.3 Å². The summed E-state index contributed by atoms with van der Waals surface area (Å²) in [5.41, 5.74) is 1.03. The molecule has 0 bridgehead atoms. The number of rotatable bonds is 6. The number of halogens is 4. The van der Waals surface area contributed by atoms with Crippen LogP contribution in [0.25, 0.3) is 16.8 Å². The zero-order valence-corrected chi connectivity index (χ0v) is 17.2. The Morgan fingerprint density at radius 2 is 2.00 bits per heavy atom. The molecule has 1 aromatic carbocycles. The average molecular weight is 468 g/mol. The molecular weight excluding hydrogens is 451 g/mol. The minimum atomic E-state index is -5.08. The molecule has 32 heavy (non-hydrogen) atoms. The molecule has 1 fully saturated rings. The molecule has 0 aliphatic carbocycles. The molecule has 1 saturated heterocycles. The first-order valence-electron chi connectivity index (χ1n) is 9.51. The minimum Gasteiger partial charge on any atom is -0.458 e. The van der Waals surface area contributed by atoms with E-state index in [1.807, 2.05) is 12.1 Å². The van der Waals surface area contributed by atoms with Crippen molar-refractivity contribution < 1.29 is 32.2 Å². The molecule has 1 aliphatic heterocycles. The number of carbonyl (C=O) groups is 2. The Bertz CT molecular complexity index is 1170. The second-order valence-electron chi connectivity index (χ2n) is 7.50. The number of imidazole rings is 1. The fourth-order valence-electron chi connectivity index (χ4n) is 3.32. The van der Waals surface area contributed by atoms with E-state index < -0.39 is 30.1 Å². The molecule has 11 heteroatoms. The van der Waals surface area contributed by atoms with Gasteiger partial charge in [0.05, 0.1) is 29.8 Å². The Morgan fingerprint density at radius 3 is 2.66 bits per heavy atom. The van der Waals surface area contributed by atoms with Crippen molar-refractivity contribution in [2.75, 3.05) is 26.4 Å². The molecule has 3 heterocycles. The summed E-state index contributed by atoms with van der Waals surface area (Å²) in [6, 6.07) is 12.4. The van der Waals surface area contributed by atoms with Gasteiger partial charge in [-0.15, -0.1) is 0 Å². The number of aromatic nitrogens is 2. The van der Waals surface area contributed by atoms with Crippen LogP contribution in [0.3, 0.4) is 0 Å². The Morgan fingerprint density at radius 1 is 1.22 bits per heavy atom. The lowest BCUT2D eigenvalue weighted by atomic mass is 9.87. The van der Waals surface area contributed by atoms with E-state index in [-0.39, 0.29) is 25.6 Å². The summed E-state index contributed by atoms with van der Waals surface area (Å²) in [7, 11) is 0. The van der Waals surface area contributed by atoms with Gasteiger partial charge >= 0.3 is 12.1 Å². The van der Waals surface area contributed by atoms with E-state index in [1.165, 1.54) is 0 Å². The second kappa shape index (κ2) is 8.44. The van der Waals surface area contributed by atoms with Gasteiger partial charge in [-0.25, -0.2) is 9.78 Å². The number of esters is 1. The predicted molar refractivity (Wildman–Crippen MR) is 108 cm³/mol. The number of hydrogen-bond donors (Lipinski definition) is 1. The third-order valence-electron chi connectivity index (χ3n) is 5.03. The third-order valence-corrected chi connectivity index (χ3v) is 5.27. The zero-order valence-electron chi connectivity index (χ0n) is 16.5. The molecule has 7 nitrogen and oxygen atoms in total. The third kappa shape index (κ3) is 4.42. The maximum atomic E-state index is 12.9. The Balaban J connectivity index is 1.52. The number of alkyl halides is 3. The quantitative estimate of drug-likeness (QED) is 0.561. The smallest absolute Gasteiger partial charge is 0.458 e. The predicted octanol–water partition coefficient (Wildman–Crippen LogP) is 3.51. The average Bonchev–Trinajstić information content (AvgIpc) is 3.11. The molecule has 1 amide bonds. The summed E-state index contributed by atoms with van der Waals surface area (Å²) in [4.78, 5) is 28.4. The molecule has 1 aliphatic rings. The van der Waals surface area contributed by atoms with Crippen LogP contribution in [-0.2, 0) is 14.3 Å². The molecule has 0 radical (unpaired) electrons. The highest BCUT2D eigenvalue weighted by molar-refractivity contribution is 6.30. The summed E-state index contributed by atoms with van der Waals surface area (Å²) < 4.78 is 48.3. The highest BCUT2D eigenvalue weighted by Crippen LogP contribution is 2.30. The topological polar surface area (TPSA) is 81.9 Å². The molecule has 0 spiro atoms. The largest absolute Gasteiger partial charge is 0.490 e. The Kier molecular flexibility index (Phi) is 5.83. The molecule has 3 aromatic rings. The van der Waals surface area contributed by atoms with Crippen LogP contribution in [0.1, 0.15) is 10.6 Å². The number of nitrogens with one attached hydrogen (secondary N) is 1. The van der Waals surface area contributed by atoms with Crippen molar-refractivity contribution in [3.05, 3.63) is 59.5 Å². The van der Waals surface area contributed by atoms with E-state index in [4.69, 9.17) is 16.3 Å². The van der Waals surface area contributed by atoms with E-state index in [1.54, 1.807) is 40.9 Å². The van der Waals surface area contributed by atoms with Gasteiger partial charge in [0.15, 0.2) is 0 Å². The van der Waals surface area contributed by atoms with E-state index in [0.29, 0.717) is 16.2 Å². The monoisotopic (exact) mass is 467 g/mol. The van der Waals surface area contributed by atoms with Crippen LogP contribution in [0.15, 0.2) is 48.7 Å². The van der Waals surface area contributed by atoms with Crippen molar-refractivity contribution in [1.82, 2.24) is 14.7 Å². The van der Waals surface area contributed by atoms with Crippen LogP contribution in [0.5, 0.6) is 0 Å². The molecule has 4 rings (SSSR count). The van der Waals surface area contributed by atoms with Gasteiger partial charge in [0.1, 0.15) is 6.61 Å². The lowest BCUT2D eigenvalue weighted by Gasteiger charge is -2.40. The summed E-state index contributed by atoms with van der Waals surface area (Å²) >= 11 is 6.09. The van der Waals surface area contributed by atoms with Gasteiger partial charge < -0.3 is 14.8 Å². The number of pyridine rings is 1. The van der Waals surface area contributed by atoms with Gasteiger partial charge in [0.25, 0.3) is 5.91 Å². The summed E-state index contributed by atoms with van der Waals surface area (Å²) in [5.74, 6) is -2.72. The fraction of sp³-hybridized carbons (Fsp3) is 0.286. The van der Waals surface area contributed by atoms with Gasteiger partial charge in [-0.2, -0.15) is 13.2 Å². The van der Waals surface area contributed by atoms with Gasteiger partial charge in [-0.3, -0.25) is 9.20 Å². The van der Waals surface area contributed by atoms with Crippen molar-refractivity contribution >= 4 is 29.0 Å². The normalized spacial score (nSPS) is 15.2. The van der Waals surface area contributed by atoms with Gasteiger partial charge in [-0.05, 0) is 24.3 Å². The maximum Gasteiger partial charge on any atom is 0.490 e. The SMILES string of the molecule is O=C(NCC1(COC(=O)C(F)(F)F)COC1)c1nc(-c2cccc(Cl)c2)c2ccccn12. The van der Waals surface area contributed by atoms with Crippen molar-refractivity contribution in [2.24, 2.45) is 5.41 Å². The minimum absolute atomic E-state index is 0.0501. The molecular formula is C21H17ClF3N3O4. The standard InChI is InChI=1S/C21H17ClF3N3O4/c22-14-5-3-4-13(8-14)16-15-6-1-2-7-28(15)17(27-16)18(29)26-9-20(10-31-11-20)12-32-19(30)21(23,24)25/h1-8H,9-12H2,(H,26,29). The van der Waals surface area contributed by atoms with E-state index >= 15 is 0 Å². The van der Waals surface area contributed by atoms with Crippen molar-refractivity contribution in [3.8, 4) is 11.3 Å². The fourth-order valence-corrected chi connectivity index (χ4v) is 3.51. The number of hydrogen-bond acceptors (Lipinski definition) is 5. The van der Waals surface area contributed by atoms with Crippen LogP contribution < -0.4 is 5.32 Å². The Labute approximate surface area is 185 Å². The first-order chi connectivity index (χ1) is 15.2. The molecule has 2 aromatic heterocycles. The Hall–Kier alpha value is -3.11. The molecule has 1 N–H and O–H groups in total. The number of ether oxygens (including phenoxy) is 2.